The minimum atomic E-state index is -0.195. The number of aryl methyl sites for hydroxylation is 2. The van der Waals surface area contributed by atoms with Crippen LogP contribution in [0.2, 0.25) is 0 Å². The highest BCUT2D eigenvalue weighted by Crippen LogP contribution is 2.23. The van der Waals surface area contributed by atoms with Gasteiger partial charge in [0.05, 0.1) is 12.4 Å². The van der Waals surface area contributed by atoms with Gasteiger partial charge in [0.1, 0.15) is 5.75 Å². The maximum atomic E-state index is 7.51. The largest absolute Gasteiger partial charge is 0.494 e. The zero-order valence-electron chi connectivity index (χ0n) is 12.5. The van der Waals surface area contributed by atoms with Gasteiger partial charge in [0.15, 0.2) is 0 Å². The van der Waals surface area contributed by atoms with Crippen molar-refractivity contribution >= 4 is 5.84 Å². The summed E-state index contributed by atoms with van der Waals surface area (Å²) in [6.45, 7) is 8.90. The van der Waals surface area contributed by atoms with Gasteiger partial charge < -0.3 is 10.5 Å². The Labute approximate surface area is 116 Å². The lowest BCUT2D eigenvalue weighted by Crippen LogP contribution is -2.30. The molecule has 0 aliphatic carbocycles. The molecule has 0 saturated carbocycles. The van der Waals surface area contributed by atoms with Crippen LogP contribution in [0.4, 0.5) is 0 Å². The van der Waals surface area contributed by atoms with Gasteiger partial charge in [0.25, 0.3) is 0 Å². The number of hydrogen-bond acceptors (Lipinski definition) is 2. The summed E-state index contributed by atoms with van der Waals surface area (Å²) in [5.74, 6) is 1.21. The zero-order chi connectivity index (χ0) is 14.5. The number of unbranched alkanes of at least 4 members (excludes halogenated alkanes) is 1. The first-order valence-electron chi connectivity index (χ1n) is 6.87. The van der Waals surface area contributed by atoms with E-state index >= 15 is 0 Å². The molecule has 1 aromatic carbocycles. The summed E-state index contributed by atoms with van der Waals surface area (Å²) < 4.78 is 5.76. The van der Waals surface area contributed by atoms with E-state index in [-0.39, 0.29) is 11.3 Å². The summed E-state index contributed by atoms with van der Waals surface area (Å²) in [5, 5.41) is 7.51. The molecule has 0 amide bonds. The van der Waals surface area contributed by atoms with Crippen molar-refractivity contribution in [1.29, 1.82) is 5.41 Å². The van der Waals surface area contributed by atoms with Gasteiger partial charge in [0, 0.05) is 5.41 Å². The average molecular weight is 262 g/mol. The minimum absolute atomic E-state index is 0.195. The normalized spacial score (nSPS) is 11.4. The van der Waals surface area contributed by atoms with Crippen LogP contribution in [0.5, 0.6) is 5.75 Å². The average Bonchev–Trinajstić information content (AvgIpc) is 2.26. The minimum Gasteiger partial charge on any atom is -0.494 e. The molecule has 0 unspecified atom stereocenters. The Morgan fingerprint density at radius 1 is 1.16 bits per heavy atom. The van der Waals surface area contributed by atoms with E-state index in [0.717, 1.165) is 31.6 Å². The Bertz CT molecular complexity index is 418. The van der Waals surface area contributed by atoms with Crippen molar-refractivity contribution in [2.24, 2.45) is 11.1 Å². The summed E-state index contributed by atoms with van der Waals surface area (Å²) in [7, 11) is 0. The highest BCUT2D eigenvalue weighted by molar-refractivity contribution is 5.82. The van der Waals surface area contributed by atoms with Crippen molar-refractivity contribution in [3.63, 3.8) is 0 Å². The predicted octanol–water partition coefficient (Wildman–Crippen LogP) is 3.81. The van der Waals surface area contributed by atoms with E-state index in [1.54, 1.807) is 0 Å². The third-order valence-corrected chi connectivity index (χ3v) is 3.39. The lowest BCUT2D eigenvalue weighted by molar-refractivity contribution is 0.296. The lowest BCUT2D eigenvalue weighted by atomic mass is 9.86. The fourth-order valence-corrected chi connectivity index (χ4v) is 2.01. The molecule has 3 heteroatoms. The fourth-order valence-electron chi connectivity index (χ4n) is 2.01. The number of nitrogens with one attached hydrogen (secondary N) is 1. The number of rotatable bonds is 7. The third-order valence-electron chi connectivity index (χ3n) is 3.39. The molecule has 0 aliphatic rings. The second-order valence-corrected chi connectivity index (χ2v) is 5.93. The second kappa shape index (κ2) is 6.60. The van der Waals surface area contributed by atoms with Crippen molar-refractivity contribution in [3.8, 4) is 5.75 Å². The standard InChI is InChI=1S/C16H26N2O/c1-12-9-13(2)11-14(10-12)19-8-6-5-7-16(3,4)15(17)18/h9-11H,5-8H2,1-4H3,(H3,17,18). The van der Waals surface area contributed by atoms with Gasteiger partial charge in [-0.2, -0.15) is 0 Å². The van der Waals surface area contributed by atoms with E-state index in [1.165, 1.54) is 11.1 Å². The van der Waals surface area contributed by atoms with E-state index in [0.29, 0.717) is 0 Å². The van der Waals surface area contributed by atoms with E-state index in [1.807, 2.05) is 13.8 Å². The summed E-state index contributed by atoms with van der Waals surface area (Å²) in [5.41, 5.74) is 7.83. The summed E-state index contributed by atoms with van der Waals surface area (Å²) in [6.07, 6.45) is 2.94. The maximum Gasteiger partial charge on any atom is 0.119 e. The van der Waals surface area contributed by atoms with Gasteiger partial charge >= 0.3 is 0 Å². The molecule has 0 aliphatic heterocycles. The first-order valence-corrected chi connectivity index (χ1v) is 6.87. The number of benzene rings is 1. The number of amidine groups is 1. The zero-order valence-corrected chi connectivity index (χ0v) is 12.5. The molecular weight excluding hydrogens is 236 g/mol. The third kappa shape index (κ3) is 5.33. The smallest absolute Gasteiger partial charge is 0.119 e. The maximum absolute atomic E-state index is 7.51. The van der Waals surface area contributed by atoms with Crippen LogP contribution in [0.15, 0.2) is 18.2 Å². The Morgan fingerprint density at radius 2 is 1.74 bits per heavy atom. The first kappa shape index (κ1) is 15.5. The van der Waals surface area contributed by atoms with Gasteiger partial charge in [-0.3, -0.25) is 5.41 Å². The van der Waals surface area contributed by atoms with Crippen LogP contribution in [-0.2, 0) is 0 Å². The van der Waals surface area contributed by atoms with Gasteiger partial charge in [-0.1, -0.05) is 19.9 Å². The molecule has 106 valence electrons. The quantitative estimate of drug-likeness (QED) is 0.446. The molecule has 19 heavy (non-hydrogen) atoms. The van der Waals surface area contributed by atoms with Gasteiger partial charge in [-0.15, -0.1) is 0 Å². The Hall–Kier alpha value is -1.51. The highest BCUT2D eigenvalue weighted by atomic mass is 16.5. The molecule has 0 bridgehead atoms. The summed E-state index contributed by atoms with van der Waals surface area (Å²) in [6, 6.07) is 6.27. The molecule has 1 rings (SSSR count). The van der Waals surface area contributed by atoms with Crippen LogP contribution in [0, 0.1) is 24.7 Å². The molecule has 0 aromatic heterocycles. The molecule has 1 aromatic rings. The molecule has 0 atom stereocenters. The number of hydrogen-bond donors (Lipinski definition) is 2. The number of ether oxygens (including phenoxy) is 1. The van der Waals surface area contributed by atoms with Gasteiger partial charge in [-0.25, -0.2) is 0 Å². The first-order chi connectivity index (χ1) is 8.81. The van der Waals surface area contributed by atoms with E-state index in [2.05, 4.69) is 32.0 Å². The molecule has 0 spiro atoms. The van der Waals surface area contributed by atoms with Crippen molar-refractivity contribution in [2.45, 2.75) is 47.0 Å². The van der Waals surface area contributed by atoms with E-state index < -0.39 is 0 Å². The second-order valence-electron chi connectivity index (χ2n) is 5.93. The highest BCUT2D eigenvalue weighted by Gasteiger charge is 2.20. The molecule has 3 nitrogen and oxygen atoms in total. The molecular formula is C16H26N2O. The van der Waals surface area contributed by atoms with Crippen molar-refractivity contribution in [2.75, 3.05) is 6.61 Å². The van der Waals surface area contributed by atoms with Crippen LogP contribution in [-0.4, -0.2) is 12.4 Å². The van der Waals surface area contributed by atoms with Gasteiger partial charge in [-0.05, 0) is 56.4 Å². The molecule has 0 saturated heterocycles. The van der Waals surface area contributed by atoms with Crippen molar-refractivity contribution in [3.05, 3.63) is 29.3 Å². The van der Waals surface area contributed by atoms with E-state index in [4.69, 9.17) is 15.9 Å². The topological polar surface area (TPSA) is 59.1 Å². The SMILES string of the molecule is Cc1cc(C)cc(OCCCCC(C)(C)C(=N)N)c1. The number of nitrogens with two attached hydrogens (primary N) is 1. The van der Waals surface area contributed by atoms with Gasteiger partial charge in [0.2, 0.25) is 0 Å². The predicted molar refractivity (Wildman–Crippen MR) is 81.0 cm³/mol. The van der Waals surface area contributed by atoms with Crippen LogP contribution >= 0.6 is 0 Å². The van der Waals surface area contributed by atoms with Crippen LogP contribution in [0.1, 0.15) is 44.2 Å². The van der Waals surface area contributed by atoms with Crippen molar-refractivity contribution < 1.29 is 4.74 Å². The molecule has 0 radical (unpaired) electrons. The molecule has 0 heterocycles. The van der Waals surface area contributed by atoms with Crippen LogP contribution < -0.4 is 10.5 Å². The fraction of sp³-hybridized carbons (Fsp3) is 0.562. The molecule has 3 N–H and O–H groups in total. The summed E-state index contributed by atoms with van der Waals surface area (Å²) >= 11 is 0. The van der Waals surface area contributed by atoms with Crippen LogP contribution in [0.3, 0.4) is 0 Å². The monoisotopic (exact) mass is 262 g/mol. The van der Waals surface area contributed by atoms with Crippen molar-refractivity contribution in [1.82, 2.24) is 0 Å². The van der Waals surface area contributed by atoms with Crippen LogP contribution in [0.25, 0.3) is 0 Å². The van der Waals surface area contributed by atoms with E-state index in [9.17, 15) is 0 Å². The Balaban J connectivity index is 2.30. The Morgan fingerprint density at radius 3 is 2.26 bits per heavy atom. The Kier molecular flexibility index (Phi) is 5.40. The lowest BCUT2D eigenvalue weighted by Gasteiger charge is -2.22. The molecule has 0 fully saturated rings. The summed E-state index contributed by atoms with van der Waals surface area (Å²) in [4.78, 5) is 0.